The number of benzene rings is 1. The topological polar surface area (TPSA) is 53.1 Å². The molecule has 0 unspecified atom stereocenters. The highest BCUT2D eigenvalue weighted by molar-refractivity contribution is 7.71. The Balaban J connectivity index is 1.60. The molecule has 1 aliphatic carbocycles. The van der Waals surface area contributed by atoms with E-state index in [1.807, 2.05) is 10.6 Å². The summed E-state index contributed by atoms with van der Waals surface area (Å²) in [6.07, 6.45) is 5.96. The number of hydrogen-bond acceptors (Lipinski definition) is 4. The summed E-state index contributed by atoms with van der Waals surface area (Å²) in [5.74, 6) is 0.902. The van der Waals surface area contributed by atoms with E-state index >= 15 is 0 Å². The van der Waals surface area contributed by atoms with Gasteiger partial charge in [0.15, 0.2) is 4.77 Å². The summed E-state index contributed by atoms with van der Waals surface area (Å²) in [6.45, 7) is 2.27. The number of H-pyrrole nitrogens is 1. The largest absolute Gasteiger partial charge is 0.358 e. The van der Waals surface area contributed by atoms with Gasteiger partial charge in [-0.15, -0.1) is 0 Å². The molecule has 5 nitrogen and oxygen atoms in total. The van der Waals surface area contributed by atoms with Crippen LogP contribution in [0.1, 0.15) is 36.8 Å². The Morgan fingerprint density at radius 3 is 2.68 bits per heavy atom. The normalized spacial score (nSPS) is 18.1. The Morgan fingerprint density at radius 2 is 1.92 bits per heavy atom. The lowest BCUT2D eigenvalue weighted by molar-refractivity contribution is 0.194. The van der Waals surface area contributed by atoms with Crippen molar-refractivity contribution in [1.29, 1.82) is 0 Å². The van der Waals surface area contributed by atoms with Crippen LogP contribution >= 0.6 is 12.2 Å². The molecule has 1 aliphatic heterocycles. The molecule has 0 saturated heterocycles. The molecule has 2 aliphatic rings. The molecule has 0 atom stereocenters. The van der Waals surface area contributed by atoms with Crippen molar-refractivity contribution >= 4 is 18.0 Å². The first-order chi connectivity index (χ1) is 12.2. The number of nitrogens with one attached hydrogen (secondary N) is 2. The third-order valence-corrected chi connectivity index (χ3v) is 5.74. The minimum absolute atomic E-state index is 0.0499. The Hall–Kier alpha value is -1.92. The molecule has 0 amide bonds. The van der Waals surface area contributed by atoms with Crippen LogP contribution in [0.3, 0.4) is 0 Å². The number of aryl methyl sites for hydroxylation is 1. The number of fused-ring (bicyclic) bond motifs is 1. The third kappa shape index (κ3) is 3.41. The number of aromatic nitrogens is 2. The van der Waals surface area contributed by atoms with E-state index in [9.17, 15) is 4.79 Å². The number of hydrogen-bond donors (Lipinski definition) is 2. The molecule has 4 rings (SSSR count). The summed E-state index contributed by atoms with van der Waals surface area (Å²) in [4.78, 5) is 17.7. The van der Waals surface area contributed by atoms with Gasteiger partial charge in [0.2, 0.25) is 0 Å². The van der Waals surface area contributed by atoms with E-state index in [1.54, 1.807) is 0 Å². The van der Waals surface area contributed by atoms with Crippen LogP contribution in [0.2, 0.25) is 0 Å². The molecule has 0 bridgehead atoms. The van der Waals surface area contributed by atoms with E-state index in [1.165, 1.54) is 31.2 Å². The molecule has 2 heterocycles. The van der Waals surface area contributed by atoms with Crippen LogP contribution in [-0.4, -0.2) is 27.2 Å². The maximum absolute atomic E-state index is 12.5. The Labute approximate surface area is 152 Å². The highest BCUT2D eigenvalue weighted by Gasteiger charge is 2.28. The van der Waals surface area contributed by atoms with E-state index < -0.39 is 0 Å². The second-order valence-corrected chi connectivity index (χ2v) is 7.38. The second-order valence-electron chi connectivity index (χ2n) is 6.99. The molecule has 0 radical (unpaired) electrons. The average Bonchev–Trinajstić information content (AvgIpc) is 3.17. The van der Waals surface area contributed by atoms with Crippen molar-refractivity contribution in [2.24, 2.45) is 0 Å². The van der Waals surface area contributed by atoms with Gasteiger partial charge in [-0.2, -0.15) is 0 Å². The average molecular weight is 356 g/mol. The Kier molecular flexibility index (Phi) is 4.72. The summed E-state index contributed by atoms with van der Waals surface area (Å²) >= 11 is 5.43. The van der Waals surface area contributed by atoms with Gasteiger partial charge in [0.1, 0.15) is 5.82 Å². The van der Waals surface area contributed by atoms with Gasteiger partial charge in [0.25, 0.3) is 5.56 Å². The SMILES string of the molecule is O=c1[nH]c(=S)n(CCc2ccccc2)c2c1CN(C1CCCC1)CN2. The van der Waals surface area contributed by atoms with E-state index in [2.05, 4.69) is 39.5 Å². The van der Waals surface area contributed by atoms with Crippen LogP contribution in [0.5, 0.6) is 0 Å². The lowest BCUT2D eigenvalue weighted by atomic mass is 10.1. The molecule has 132 valence electrons. The fourth-order valence-corrected chi connectivity index (χ4v) is 4.30. The van der Waals surface area contributed by atoms with E-state index in [0.717, 1.165) is 31.0 Å². The molecule has 2 aromatic rings. The Bertz CT molecular complexity index is 852. The highest BCUT2D eigenvalue weighted by Crippen LogP contribution is 2.28. The zero-order chi connectivity index (χ0) is 17.2. The maximum atomic E-state index is 12.5. The zero-order valence-electron chi connectivity index (χ0n) is 14.3. The van der Waals surface area contributed by atoms with Gasteiger partial charge in [-0.3, -0.25) is 14.7 Å². The van der Waals surface area contributed by atoms with Crippen LogP contribution in [-0.2, 0) is 19.5 Å². The zero-order valence-corrected chi connectivity index (χ0v) is 15.1. The summed E-state index contributed by atoms with van der Waals surface area (Å²) in [7, 11) is 0. The van der Waals surface area contributed by atoms with Gasteiger partial charge in [-0.1, -0.05) is 43.2 Å². The molecule has 6 heteroatoms. The quantitative estimate of drug-likeness (QED) is 0.826. The Morgan fingerprint density at radius 1 is 1.16 bits per heavy atom. The number of anilines is 1. The maximum Gasteiger partial charge on any atom is 0.258 e. The second kappa shape index (κ2) is 7.14. The lowest BCUT2D eigenvalue weighted by Gasteiger charge is -2.35. The van der Waals surface area contributed by atoms with Gasteiger partial charge in [-0.25, -0.2) is 0 Å². The highest BCUT2D eigenvalue weighted by atomic mass is 32.1. The predicted octanol–water partition coefficient (Wildman–Crippen LogP) is 3.28. The van der Waals surface area contributed by atoms with Crippen molar-refractivity contribution in [2.45, 2.75) is 51.2 Å². The fraction of sp³-hybridized carbons (Fsp3) is 0.474. The molecule has 0 spiro atoms. The summed E-state index contributed by atoms with van der Waals surface area (Å²) in [5.41, 5.74) is 2.04. The van der Waals surface area contributed by atoms with E-state index in [-0.39, 0.29) is 5.56 Å². The molecular weight excluding hydrogens is 332 g/mol. The van der Waals surface area contributed by atoms with Gasteiger partial charge in [0.05, 0.1) is 12.2 Å². The number of rotatable bonds is 4. The third-order valence-electron chi connectivity index (χ3n) is 5.41. The smallest absolute Gasteiger partial charge is 0.258 e. The van der Waals surface area contributed by atoms with Crippen LogP contribution in [0, 0.1) is 4.77 Å². The van der Waals surface area contributed by atoms with Crippen LogP contribution in [0.15, 0.2) is 35.1 Å². The number of aromatic amines is 1. The van der Waals surface area contributed by atoms with Crippen molar-refractivity contribution < 1.29 is 0 Å². The lowest BCUT2D eigenvalue weighted by Crippen LogP contribution is -2.43. The van der Waals surface area contributed by atoms with Gasteiger partial charge in [-0.05, 0) is 37.0 Å². The first-order valence-electron chi connectivity index (χ1n) is 9.10. The van der Waals surface area contributed by atoms with Gasteiger partial charge >= 0.3 is 0 Å². The minimum atomic E-state index is -0.0499. The molecular formula is C19H24N4OS. The van der Waals surface area contributed by atoms with Gasteiger partial charge < -0.3 is 9.88 Å². The molecule has 1 aromatic heterocycles. The minimum Gasteiger partial charge on any atom is -0.358 e. The number of nitrogens with zero attached hydrogens (tertiary/aromatic N) is 2. The summed E-state index contributed by atoms with van der Waals surface area (Å²) in [5, 5.41) is 3.48. The molecule has 1 aromatic carbocycles. The molecule has 25 heavy (non-hydrogen) atoms. The van der Waals surface area contributed by atoms with E-state index in [0.29, 0.717) is 17.4 Å². The fourth-order valence-electron chi connectivity index (χ4n) is 4.02. The van der Waals surface area contributed by atoms with Crippen LogP contribution in [0.4, 0.5) is 5.82 Å². The van der Waals surface area contributed by atoms with Crippen LogP contribution in [0.25, 0.3) is 0 Å². The van der Waals surface area contributed by atoms with E-state index in [4.69, 9.17) is 12.2 Å². The first-order valence-corrected chi connectivity index (χ1v) is 9.51. The molecule has 1 fully saturated rings. The van der Waals surface area contributed by atoms with Crippen molar-refractivity contribution in [3.8, 4) is 0 Å². The van der Waals surface area contributed by atoms with Crippen molar-refractivity contribution in [3.05, 3.63) is 56.6 Å². The first kappa shape index (κ1) is 16.5. The van der Waals surface area contributed by atoms with Crippen molar-refractivity contribution in [2.75, 3.05) is 12.0 Å². The summed E-state index contributed by atoms with van der Waals surface area (Å²) in [6, 6.07) is 11.0. The van der Waals surface area contributed by atoms with Gasteiger partial charge in [0, 0.05) is 19.1 Å². The summed E-state index contributed by atoms with van der Waals surface area (Å²) < 4.78 is 2.55. The predicted molar refractivity (Wildman–Crippen MR) is 102 cm³/mol. The van der Waals surface area contributed by atoms with Crippen LogP contribution < -0.4 is 10.9 Å². The molecule has 1 saturated carbocycles. The molecule has 2 N–H and O–H groups in total. The van der Waals surface area contributed by atoms with Crippen molar-refractivity contribution in [1.82, 2.24) is 14.5 Å². The standard InChI is InChI=1S/C19H24N4OS/c24-18-16-12-22(15-8-4-5-9-15)13-20-17(16)23(19(25)21-18)11-10-14-6-2-1-3-7-14/h1-3,6-7,15,20H,4-5,8-13H2,(H,21,24,25). The van der Waals surface area contributed by atoms with Crippen molar-refractivity contribution in [3.63, 3.8) is 0 Å². The monoisotopic (exact) mass is 356 g/mol.